The molecule has 3 aromatic carbocycles. The molecule has 0 radical (unpaired) electrons. The van der Waals surface area contributed by atoms with Crippen LogP contribution in [0.15, 0.2) is 91.0 Å². The molecule has 0 aliphatic rings. The Labute approximate surface area is 295 Å². The van der Waals surface area contributed by atoms with Gasteiger partial charge in [-0.3, -0.25) is 34.2 Å². The lowest BCUT2D eigenvalue weighted by atomic mass is 9.85. The summed E-state index contributed by atoms with van der Waals surface area (Å²) in [7, 11) is 0. The fraction of sp³-hybridized carbons (Fsp3) is 0.278. The number of benzene rings is 3. The van der Waals surface area contributed by atoms with Gasteiger partial charge in [0, 0.05) is 24.3 Å². The van der Waals surface area contributed by atoms with E-state index in [9.17, 15) is 28.8 Å². The zero-order chi connectivity index (χ0) is 36.8. The molecule has 50 heavy (non-hydrogen) atoms. The summed E-state index contributed by atoms with van der Waals surface area (Å²) in [4.78, 5) is 78.9. The van der Waals surface area contributed by atoms with Crippen molar-refractivity contribution in [2.24, 2.45) is 5.41 Å². The molecular formula is C36H41ClN6O7. The van der Waals surface area contributed by atoms with Crippen molar-refractivity contribution < 1.29 is 33.5 Å². The predicted molar refractivity (Wildman–Crippen MR) is 188 cm³/mol. The van der Waals surface area contributed by atoms with Crippen molar-refractivity contribution in [1.82, 2.24) is 26.4 Å². The van der Waals surface area contributed by atoms with Crippen LogP contribution < -0.4 is 27.1 Å². The largest absolute Gasteiger partial charge is 0.465 e. The molecule has 3 rings (SSSR count). The number of rotatable bonds is 13. The lowest BCUT2D eigenvalue weighted by molar-refractivity contribution is -0.152. The molecule has 0 unspecified atom stereocenters. The number of halogens is 1. The summed E-state index contributed by atoms with van der Waals surface area (Å²) in [5.74, 6) is -4.55. The van der Waals surface area contributed by atoms with E-state index >= 15 is 0 Å². The Hall–Kier alpha value is -5.69. The lowest BCUT2D eigenvalue weighted by Crippen LogP contribution is -2.57. The third-order valence-electron chi connectivity index (χ3n) is 7.14. The number of hydrogen-bond donors (Lipinski definition) is 5. The molecule has 0 spiro atoms. The molecule has 0 saturated heterocycles. The standard InChI is InChI=1S/C36H41ClN6O7/c1-5-50-30(46)22-43(29(45)19-18-28(44)39-21-23-12-8-6-9-13-23)42-34(48)31(24-14-10-7-11-15-24)40-35(49)32(36(2,3)4)41-33(47)25-16-17-27(38)26(37)20-25/h6-20,31-32H,5,21-22,38H2,1-4H3,(H,39,44)(H,40,49)(H,41,47)(H,42,48)/b19-18+/t31-,32-/m1/s1. The van der Waals surface area contributed by atoms with Crippen LogP contribution in [0, 0.1) is 5.41 Å². The molecule has 264 valence electrons. The second-order valence-corrected chi connectivity index (χ2v) is 12.5. The molecule has 6 N–H and O–H groups in total. The van der Waals surface area contributed by atoms with Crippen molar-refractivity contribution in [2.75, 3.05) is 18.9 Å². The van der Waals surface area contributed by atoms with E-state index in [2.05, 4.69) is 21.4 Å². The first-order valence-corrected chi connectivity index (χ1v) is 16.1. The molecule has 0 heterocycles. The number of anilines is 1. The molecule has 0 aliphatic carbocycles. The van der Waals surface area contributed by atoms with E-state index in [1.54, 1.807) is 58.0 Å². The molecule has 3 aromatic rings. The Morgan fingerprint density at radius 2 is 1.52 bits per heavy atom. The van der Waals surface area contributed by atoms with Crippen molar-refractivity contribution in [3.63, 3.8) is 0 Å². The normalized spacial score (nSPS) is 12.3. The minimum atomic E-state index is -1.40. The van der Waals surface area contributed by atoms with Crippen LogP contribution in [0.3, 0.4) is 0 Å². The number of nitrogens with two attached hydrogens (primary N) is 1. The van der Waals surface area contributed by atoms with Crippen molar-refractivity contribution in [3.05, 3.63) is 113 Å². The van der Waals surface area contributed by atoms with Crippen LogP contribution in [-0.4, -0.2) is 59.7 Å². The van der Waals surface area contributed by atoms with Crippen LogP contribution in [0.2, 0.25) is 5.02 Å². The van der Waals surface area contributed by atoms with Crippen LogP contribution in [0.4, 0.5) is 5.69 Å². The molecule has 0 aliphatic heterocycles. The van der Waals surface area contributed by atoms with Crippen LogP contribution >= 0.6 is 11.6 Å². The molecule has 0 bridgehead atoms. The zero-order valence-electron chi connectivity index (χ0n) is 28.2. The van der Waals surface area contributed by atoms with Crippen LogP contribution in [0.1, 0.15) is 55.2 Å². The van der Waals surface area contributed by atoms with Gasteiger partial charge < -0.3 is 26.4 Å². The van der Waals surface area contributed by atoms with Gasteiger partial charge in [-0.2, -0.15) is 0 Å². The number of nitrogens with one attached hydrogen (secondary N) is 4. The van der Waals surface area contributed by atoms with Gasteiger partial charge in [0.2, 0.25) is 11.8 Å². The average molecular weight is 705 g/mol. The average Bonchev–Trinajstić information content (AvgIpc) is 3.08. The van der Waals surface area contributed by atoms with Gasteiger partial charge in [-0.15, -0.1) is 0 Å². The molecule has 0 saturated carbocycles. The first-order valence-electron chi connectivity index (χ1n) is 15.7. The molecule has 13 nitrogen and oxygen atoms in total. The highest BCUT2D eigenvalue weighted by Crippen LogP contribution is 2.24. The monoisotopic (exact) mass is 704 g/mol. The first-order chi connectivity index (χ1) is 23.7. The number of carbonyl (C=O) groups excluding carboxylic acids is 6. The third-order valence-corrected chi connectivity index (χ3v) is 7.47. The Kier molecular flexibility index (Phi) is 14.1. The molecule has 5 amide bonds. The number of amides is 5. The fourth-order valence-electron chi connectivity index (χ4n) is 4.52. The van der Waals surface area contributed by atoms with Gasteiger partial charge in [0.1, 0.15) is 18.6 Å². The van der Waals surface area contributed by atoms with E-state index in [1.165, 1.54) is 18.2 Å². The van der Waals surface area contributed by atoms with Gasteiger partial charge >= 0.3 is 5.97 Å². The maximum absolute atomic E-state index is 13.8. The molecule has 0 aromatic heterocycles. The zero-order valence-corrected chi connectivity index (χ0v) is 29.0. The molecular weight excluding hydrogens is 664 g/mol. The highest BCUT2D eigenvalue weighted by Gasteiger charge is 2.36. The summed E-state index contributed by atoms with van der Waals surface area (Å²) >= 11 is 6.09. The Morgan fingerprint density at radius 1 is 0.880 bits per heavy atom. The number of nitrogen functional groups attached to an aromatic ring is 1. The summed E-state index contributed by atoms with van der Waals surface area (Å²) < 4.78 is 4.97. The minimum absolute atomic E-state index is 0.0116. The third kappa shape index (κ3) is 11.8. The topological polar surface area (TPSA) is 189 Å². The first kappa shape index (κ1) is 38.8. The quantitative estimate of drug-likeness (QED) is 0.0776. The van der Waals surface area contributed by atoms with Gasteiger partial charge in [0.25, 0.3) is 17.7 Å². The maximum Gasteiger partial charge on any atom is 0.327 e. The van der Waals surface area contributed by atoms with E-state index in [1.807, 2.05) is 30.3 Å². The highest BCUT2D eigenvalue weighted by atomic mass is 35.5. The molecule has 2 atom stereocenters. The molecule has 0 fully saturated rings. The summed E-state index contributed by atoms with van der Waals surface area (Å²) in [6.45, 7) is 6.29. The second-order valence-electron chi connectivity index (χ2n) is 12.1. The van der Waals surface area contributed by atoms with E-state index in [0.717, 1.165) is 17.7 Å². The van der Waals surface area contributed by atoms with E-state index < -0.39 is 59.5 Å². The number of carbonyl (C=O) groups is 6. The van der Waals surface area contributed by atoms with Crippen LogP contribution in [-0.2, 0) is 35.3 Å². The van der Waals surface area contributed by atoms with Crippen molar-refractivity contribution in [1.29, 1.82) is 0 Å². The smallest absolute Gasteiger partial charge is 0.327 e. The van der Waals surface area contributed by atoms with Crippen molar-refractivity contribution in [3.8, 4) is 0 Å². The van der Waals surface area contributed by atoms with Gasteiger partial charge in [-0.25, -0.2) is 5.01 Å². The summed E-state index contributed by atoms with van der Waals surface area (Å²) in [6.07, 6.45) is 1.86. The van der Waals surface area contributed by atoms with Gasteiger partial charge in [-0.1, -0.05) is 93.0 Å². The summed E-state index contributed by atoms with van der Waals surface area (Å²) in [6, 6.07) is 19.0. The van der Waals surface area contributed by atoms with E-state index in [4.69, 9.17) is 22.1 Å². The van der Waals surface area contributed by atoms with Crippen molar-refractivity contribution >= 4 is 52.8 Å². The SMILES string of the molecule is CCOC(=O)CN(NC(=O)[C@H](NC(=O)[C@@H](NC(=O)c1ccc(N)c(Cl)c1)C(C)(C)C)c1ccccc1)C(=O)/C=C/C(=O)NCc1ccccc1. The summed E-state index contributed by atoms with van der Waals surface area (Å²) in [5, 5.41) is 8.87. The molecule has 14 heteroatoms. The van der Waals surface area contributed by atoms with E-state index in [0.29, 0.717) is 10.6 Å². The lowest BCUT2D eigenvalue weighted by Gasteiger charge is -2.32. The maximum atomic E-state index is 13.8. The fourth-order valence-corrected chi connectivity index (χ4v) is 4.70. The Balaban J connectivity index is 1.83. The van der Waals surface area contributed by atoms with Crippen LogP contribution in [0.25, 0.3) is 0 Å². The van der Waals surface area contributed by atoms with Crippen molar-refractivity contribution in [2.45, 2.75) is 46.3 Å². The Morgan fingerprint density at radius 3 is 2.12 bits per heavy atom. The highest BCUT2D eigenvalue weighted by molar-refractivity contribution is 6.33. The number of esters is 1. The van der Waals surface area contributed by atoms with Gasteiger partial charge in [-0.05, 0) is 41.7 Å². The number of hydrogen-bond acceptors (Lipinski definition) is 8. The Bertz CT molecular complexity index is 1710. The van der Waals surface area contributed by atoms with Crippen LogP contribution in [0.5, 0.6) is 0 Å². The number of ether oxygens (including phenoxy) is 1. The second kappa shape index (κ2) is 18.2. The number of hydrazine groups is 1. The van der Waals surface area contributed by atoms with Gasteiger partial charge in [0.15, 0.2) is 0 Å². The number of nitrogens with zero attached hydrogens (tertiary/aromatic N) is 1. The minimum Gasteiger partial charge on any atom is -0.465 e. The predicted octanol–water partition coefficient (Wildman–Crippen LogP) is 3.22. The van der Waals surface area contributed by atoms with Gasteiger partial charge in [0.05, 0.1) is 17.3 Å². The van der Waals surface area contributed by atoms with E-state index in [-0.39, 0.29) is 29.4 Å². The summed E-state index contributed by atoms with van der Waals surface area (Å²) in [5.41, 5.74) is 8.93.